The molecule has 2 aromatic carbocycles. The van der Waals surface area contributed by atoms with Crippen LogP contribution < -0.4 is 5.32 Å². The van der Waals surface area contributed by atoms with E-state index in [1.807, 2.05) is 72.1 Å². The molecule has 1 N–H and O–H groups in total. The molecule has 1 aromatic heterocycles. The van der Waals surface area contributed by atoms with Crippen LogP contribution in [0.1, 0.15) is 10.4 Å². The smallest absolute Gasteiger partial charge is 0.256 e. The number of nitrogens with one attached hydrogen (secondary N) is 1. The number of benzene rings is 2. The molecule has 3 aromatic rings. The summed E-state index contributed by atoms with van der Waals surface area (Å²) in [4.78, 5) is 12.2. The van der Waals surface area contributed by atoms with Crippen LogP contribution in [-0.2, 0) is 0 Å². The van der Waals surface area contributed by atoms with Gasteiger partial charge in [-0.25, -0.2) is 0 Å². The lowest BCUT2D eigenvalue weighted by molar-refractivity contribution is 0.102. The largest absolute Gasteiger partial charge is 0.314 e. The minimum atomic E-state index is -0.0785. The first-order valence-electron chi connectivity index (χ1n) is 6.33. The second kappa shape index (κ2) is 5.72. The Hall–Kier alpha value is -2.39. The van der Waals surface area contributed by atoms with Gasteiger partial charge in [0.05, 0.1) is 5.00 Å². The molecule has 0 unspecified atom stereocenters. The Morgan fingerprint density at radius 1 is 0.850 bits per heavy atom. The second-order valence-electron chi connectivity index (χ2n) is 4.38. The van der Waals surface area contributed by atoms with E-state index in [4.69, 9.17) is 0 Å². The highest BCUT2D eigenvalue weighted by molar-refractivity contribution is 7.14. The first-order valence-corrected chi connectivity index (χ1v) is 7.21. The zero-order chi connectivity index (χ0) is 13.8. The fraction of sp³-hybridized carbons (Fsp3) is 0. The van der Waals surface area contributed by atoms with E-state index in [1.54, 1.807) is 0 Å². The molecule has 2 nitrogen and oxygen atoms in total. The third-order valence-corrected chi connectivity index (χ3v) is 3.78. The lowest BCUT2D eigenvalue weighted by Crippen LogP contribution is -2.10. The number of hydrogen-bond acceptors (Lipinski definition) is 2. The summed E-state index contributed by atoms with van der Waals surface area (Å²) in [5.41, 5.74) is 2.82. The monoisotopic (exact) mass is 279 g/mol. The van der Waals surface area contributed by atoms with E-state index in [9.17, 15) is 4.79 Å². The van der Waals surface area contributed by atoms with Crippen LogP contribution in [0.4, 0.5) is 5.00 Å². The van der Waals surface area contributed by atoms with Crippen LogP contribution in [0.5, 0.6) is 0 Å². The van der Waals surface area contributed by atoms with E-state index in [0.29, 0.717) is 5.56 Å². The standard InChI is InChI=1S/C17H13NOS/c19-17(18-16-10-5-11-20-16)15-9-4-8-14(12-15)13-6-2-1-3-7-13/h1-12H,(H,18,19). The van der Waals surface area contributed by atoms with Crippen molar-refractivity contribution < 1.29 is 4.79 Å². The SMILES string of the molecule is O=C(Nc1cccs1)c1cccc(-c2ccccc2)c1. The summed E-state index contributed by atoms with van der Waals surface area (Å²) in [5.74, 6) is -0.0785. The van der Waals surface area contributed by atoms with E-state index >= 15 is 0 Å². The van der Waals surface area contributed by atoms with Gasteiger partial charge in [0.1, 0.15) is 0 Å². The summed E-state index contributed by atoms with van der Waals surface area (Å²) in [6, 6.07) is 21.5. The molecule has 3 rings (SSSR count). The number of amides is 1. The van der Waals surface area contributed by atoms with E-state index in [2.05, 4.69) is 5.32 Å². The van der Waals surface area contributed by atoms with Gasteiger partial charge in [-0.1, -0.05) is 42.5 Å². The van der Waals surface area contributed by atoms with E-state index in [0.717, 1.165) is 16.1 Å². The van der Waals surface area contributed by atoms with Gasteiger partial charge in [-0.2, -0.15) is 0 Å². The average molecular weight is 279 g/mol. The van der Waals surface area contributed by atoms with Crippen molar-refractivity contribution in [2.75, 3.05) is 5.32 Å². The van der Waals surface area contributed by atoms with Crippen LogP contribution in [0.3, 0.4) is 0 Å². The summed E-state index contributed by atoms with van der Waals surface area (Å²) in [7, 11) is 0. The van der Waals surface area contributed by atoms with Crippen LogP contribution in [0.15, 0.2) is 72.1 Å². The Bertz CT molecular complexity index is 705. The molecule has 0 saturated heterocycles. The van der Waals surface area contributed by atoms with E-state index in [1.165, 1.54) is 11.3 Å². The zero-order valence-electron chi connectivity index (χ0n) is 10.7. The van der Waals surface area contributed by atoms with Gasteiger partial charge < -0.3 is 5.32 Å². The summed E-state index contributed by atoms with van der Waals surface area (Å²) in [6.07, 6.45) is 0. The van der Waals surface area contributed by atoms with Gasteiger partial charge in [0.25, 0.3) is 5.91 Å². The third-order valence-electron chi connectivity index (χ3n) is 2.99. The Morgan fingerprint density at radius 3 is 2.40 bits per heavy atom. The van der Waals surface area contributed by atoms with Gasteiger partial charge in [0.2, 0.25) is 0 Å². The Morgan fingerprint density at radius 2 is 1.65 bits per heavy atom. The Kier molecular flexibility index (Phi) is 3.61. The topological polar surface area (TPSA) is 29.1 Å². The predicted octanol–water partition coefficient (Wildman–Crippen LogP) is 4.67. The Labute approximate surface area is 121 Å². The van der Waals surface area contributed by atoms with Gasteiger partial charge in [0.15, 0.2) is 0 Å². The normalized spacial score (nSPS) is 10.2. The summed E-state index contributed by atoms with van der Waals surface area (Å²) in [6.45, 7) is 0. The van der Waals surface area contributed by atoms with Crippen LogP contribution in [0.25, 0.3) is 11.1 Å². The highest BCUT2D eigenvalue weighted by atomic mass is 32.1. The molecule has 0 fully saturated rings. The van der Waals surface area contributed by atoms with E-state index in [-0.39, 0.29) is 5.91 Å². The van der Waals surface area contributed by atoms with Gasteiger partial charge in [-0.05, 0) is 40.8 Å². The van der Waals surface area contributed by atoms with Gasteiger partial charge in [-0.3, -0.25) is 4.79 Å². The number of rotatable bonds is 3. The van der Waals surface area contributed by atoms with Crippen molar-refractivity contribution in [2.24, 2.45) is 0 Å². The molecular weight excluding hydrogens is 266 g/mol. The summed E-state index contributed by atoms with van der Waals surface area (Å²) >= 11 is 1.51. The first kappa shape index (κ1) is 12.6. The van der Waals surface area contributed by atoms with Crippen LogP contribution in [-0.4, -0.2) is 5.91 Å². The number of carbonyl (C=O) groups is 1. The lowest BCUT2D eigenvalue weighted by Gasteiger charge is -2.06. The molecule has 1 amide bonds. The molecule has 0 aliphatic rings. The molecular formula is C17H13NOS. The molecule has 1 heterocycles. The fourth-order valence-electron chi connectivity index (χ4n) is 2.00. The molecule has 0 aliphatic carbocycles. The number of anilines is 1. The molecule has 98 valence electrons. The van der Waals surface area contributed by atoms with Gasteiger partial charge in [0, 0.05) is 5.56 Å². The molecule has 0 bridgehead atoms. The van der Waals surface area contributed by atoms with Crippen molar-refractivity contribution in [1.29, 1.82) is 0 Å². The number of carbonyl (C=O) groups excluding carboxylic acids is 1. The van der Waals surface area contributed by atoms with Crippen LogP contribution >= 0.6 is 11.3 Å². The van der Waals surface area contributed by atoms with Crippen molar-refractivity contribution >= 4 is 22.2 Å². The van der Waals surface area contributed by atoms with Crippen LogP contribution in [0.2, 0.25) is 0 Å². The second-order valence-corrected chi connectivity index (χ2v) is 5.33. The minimum Gasteiger partial charge on any atom is -0.314 e. The minimum absolute atomic E-state index is 0.0785. The van der Waals surface area contributed by atoms with Gasteiger partial charge >= 0.3 is 0 Å². The van der Waals surface area contributed by atoms with Crippen LogP contribution in [0, 0.1) is 0 Å². The van der Waals surface area contributed by atoms with E-state index < -0.39 is 0 Å². The van der Waals surface area contributed by atoms with Crippen molar-refractivity contribution in [3.8, 4) is 11.1 Å². The van der Waals surface area contributed by atoms with Crippen molar-refractivity contribution in [3.05, 3.63) is 77.7 Å². The molecule has 20 heavy (non-hydrogen) atoms. The highest BCUT2D eigenvalue weighted by Gasteiger charge is 2.07. The zero-order valence-corrected chi connectivity index (χ0v) is 11.6. The van der Waals surface area contributed by atoms with Crippen molar-refractivity contribution in [1.82, 2.24) is 0 Å². The molecule has 0 atom stereocenters. The highest BCUT2D eigenvalue weighted by Crippen LogP contribution is 2.21. The molecule has 3 heteroatoms. The van der Waals surface area contributed by atoms with Crippen molar-refractivity contribution in [3.63, 3.8) is 0 Å². The Balaban J connectivity index is 1.86. The summed E-state index contributed by atoms with van der Waals surface area (Å²) in [5, 5.41) is 5.70. The summed E-state index contributed by atoms with van der Waals surface area (Å²) < 4.78 is 0. The lowest BCUT2D eigenvalue weighted by atomic mass is 10.0. The molecule has 0 radical (unpaired) electrons. The fourth-order valence-corrected chi connectivity index (χ4v) is 2.62. The maximum atomic E-state index is 12.2. The van der Waals surface area contributed by atoms with Gasteiger partial charge in [-0.15, -0.1) is 11.3 Å². The predicted molar refractivity (Wildman–Crippen MR) is 84.2 cm³/mol. The molecule has 0 saturated carbocycles. The average Bonchev–Trinajstić information content (AvgIpc) is 3.01. The first-order chi connectivity index (χ1) is 9.83. The number of thiophene rings is 1. The van der Waals surface area contributed by atoms with Crippen molar-refractivity contribution in [2.45, 2.75) is 0 Å². The maximum absolute atomic E-state index is 12.2. The third kappa shape index (κ3) is 2.78. The quantitative estimate of drug-likeness (QED) is 0.741. The maximum Gasteiger partial charge on any atom is 0.256 e. The molecule has 0 aliphatic heterocycles. The molecule has 0 spiro atoms. The number of hydrogen-bond donors (Lipinski definition) is 1.